The van der Waals surface area contributed by atoms with Crippen LogP contribution in [0, 0.1) is 11.6 Å². The Morgan fingerprint density at radius 1 is 1.47 bits per heavy atom. The molecule has 3 nitrogen and oxygen atoms in total. The molecule has 0 unspecified atom stereocenters. The average Bonchev–Trinajstić information content (AvgIpc) is 2.83. The lowest BCUT2D eigenvalue weighted by molar-refractivity contribution is -0.122. The number of hydrogen-bond acceptors (Lipinski definition) is 2. The third kappa shape index (κ3) is 3.00. The standard InChI is InChI=1S/C12H14F2N2O/c13-9-3-4-10(14)8(6-9)7-16-12(17)11-2-1-5-15-11/h3-4,6,11,15H,1-2,5,7H2,(H,16,17)/t11-/m1/s1. The zero-order chi connectivity index (χ0) is 12.3. The lowest BCUT2D eigenvalue weighted by Crippen LogP contribution is -2.40. The first kappa shape index (κ1) is 12.0. The number of amides is 1. The van der Waals surface area contributed by atoms with E-state index >= 15 is 0 Å². The van der Waals surface area contributed by atoms with Gasteiger partial charge in [0, 0.05) is 12.1 Å². The van der Waals surface area contributed by atoms with Crippen molar-refractivity contribution in [3.8, 4) is 0 Å². The highest BCUT2D eigenvalue weighted by Gasteiger charge is 2.21. The summed E-state index contributed by atoms with van der Waals surface area (Å²) in [6, 6.07) is 3.01. The van der Waals surface area contributed by atoms with Gasteiger partial charge in [-0.3, -0.25) is 4.79 Å². The predicted molar refractivity (Wildman–Crippen MR) is 59.2 cm³/mol. The molecule has 2 rings (SSSR count). The summed E-state index contributed by atoms with van der Waals surface area (Å²) in [5.74, 6) is -1.17. The second-order valence-corrected chi connectivity index (χ2v) is 4.10. The average molecular weight is 240 g/mol. The van der Waals surface area contributed by atoms with Gasteiger partial charge in [-0.05, 0) is 37.6 Å². The van der Waals surface area contributed by atoms with E-state index < -0.39 is 11.6 Å². The maximum Gasteiger partial charge on any atom is 0.237 e. The van der Waals surface area contributed by atoms with Gasteiger partial charge in [-0.25, -0.2) is 8.78 Å². The molecule has 1 saturated heterocycles. The van der Waals surface area contributed by atoms with Crippen LogP contribution in [0.2, 0.25) is 0 Å². The van der Waals surface area contributed by atoms with Crippen molar-refractivity contribution in [2.75, 3.05) is 6.54 Å². The third-order valence-corrected chi connectivity index (χ3v) is 2.84. The van der Waals surface area contributed by atoms with Crippen LogP contribution >= 0.6 is 0 Å². The summed E-state index contributed by atoms with van der Waals surface area (Å²) in [6.07, 6.45) is 1.75. The van der Waals surface area contributed by atoms with Gasteiger partial charge in [-0.1, -0.05) is 0 Å². The van der Waals surface area contributed by atoms with Crippen LogP contribution in [0.3, 0.4) is 0 Å². The molecule has 1 aromatic rings. The van der Waals surface area contributed by atoms with Crippen LogP contribution < -0.4 is 10.6 Å². The molecule has 1 aliphatic heterocycles. The van der Waals surface area contributed by atoms with Crippen molar-refractivity contribution < 1.29 is 13.6 Å². The van der Waals surface area contributed by atoms with E-state index in [0.717, 1.165) is 37.6 Å². The largest absolute Gasteiger partial charge is 0.351 e. The molecule has 0 bridgehead atoms. The number of hydrogen-bond donors (Lipinski definition) is 2. The van der Waals surface area contributed by atoms with Crippen LogP contribution in [-0.4, -0.2) is 18.5 Å². The van der Waals surface area contributed by atoms with Crippen molar-refractivity contribution in [2.24, 2.45) is 0 Å². The van der Waals surface area contributed by atoms with Gasteiger partial charge < -0.3 is 10.6 Å². The molecule has 1 amide bonds. The highest BCUT2D eigenvalue weighted by atomic mass is 19.1. The topological polar surface area (TPSA) is 41.1 Å². The normalized spacial score (nSPS) is 19.3. The number of halogens is 2. The smallest absolute Gasteiger partial charge is 0.237 e. The Balaban J connectivity index is 1.92. The highest BCUT2D eigenvalue weighted by molar-refractivity contribution is 5.81. The van der Waals surface area contributed by atoms with E-state index in [0.29, 0.717) is 0 Å². The first-order valence-electron chi connectivity index (χ1n) is 5.62. The number of rotatable bonds is 3. The Morgan fingerprint density at radius 3 is 3.00 bits per heavy atom. The fourth-order valence-electron chi connectivity index (χ4n) is 1.89. The van der Waals surface area contributed by atoms with Crippen LogP contribution in [0.25, 0.3) is 0 Å². The number of carbonyl (C=O) groups excluding carboxylic acids is 1. The third-order valence-electron chi connectivity index (χ3n) is 2.84. The molecule has 0 spiro atoms. The van der Waals surface area contributed by atoms with Crippen molar-refractivity contribution in [3.05, 3.63) is 35.4 Å². The second kappa shape index (κ2) is 5.23. The van der Waals surface area contributed by atoms with Gasteiger partial charge >= 0.3 is 0 Å². The first-order valence-corrected chi connectivity index (χ1v) is 5.62. The second-order valence-electron chi connectivity index (χ2n) is 4.10. The van der Waals surface area contributed by atoms with E-state index in [1.807, 2.05) is 0 Å². The lowest BCUT2D eigenvalue weighted by Gasteiger charge is -2.11. The molecule has 1 atom stereocenters. The van der Waals surface area contributed by atoms with Crippen molar-refractivity contribution in [3.63, 3.8) is 0 Å². The number of benzene rings is 1. The molecule has 0 aromatic heterocycles. The summed E-state index contributed by atoms with van der Waals surface area (Å²) in [7, 11) is 0. The molecule has 0 aliphatic carbocycles. The summed E-state index contributed by atoms with van der Waals surface area (Å²) in [5.41, 5.74) is 0.163. The first-order chi connectivity index (χ1) is 8.16. The lowest BCUT2D eigenvalue weighted by atomic mass is 10.2. The molecule has 1 fully saturated rings. The summed E-state index contributed by atoms with van der Waals surface area (Å²) >= 11 is 0. The molecule has 1 aromatic carbocycles. The summed E-state index contributed by atoms with van der Waals surface area (Å²) in [6.45, 7) is 0.840. The Kier molecular flexibility index (Phi) is 3.68. The molecule has 1 aliphatic rings. The molecule has 17 heavy (non-hydrogen) atoms. The summed E-state index contributed by atoms with van der Waals surface area (Å²) in [4.78, 5) is 11.6. The van der Waals surface area contributed by atoms with Gasteiger partial charge in [0.2, 0.25) is 5.91 Å². The molecule has 0 radical (unpaired) electrons. The zero-order valence-electron chi connectivity index (χ0n) is 9.30. The predicted octanol–water partition coefficient (Wildman–Crippen LogP) is 1.33. The van der Waals surface area contributed by atoms with Gasteiger partial charge in [0.1, 0.15) is 11.6 Å². The highest BCUT2D eigenvalue weighted by Crippen LogP contribution is 2.10. The fourth-order valence-corrected chi connectivity index (χ4v) is 1.89. The summed E-state index contributed by atoms with van der Waals surface area (Å²) in [5, 5.41) is 5.64. The minimum atomic E-state index is -0.508. The van der Waals surface area contributed by atoms with Crippen LogP contribution in [0.15, 0.2) is 18.2 Å². The van der Waals surface area contributed by atoms with E-state index in [4.69, 9.17) is 0 Å². The van der Waals surface area contributed by atoms with E-state index in [-0.39, 0.29) is 24.1 Å². The van der Waals surface area contributed by atoms with Crippen molar-refractivity contribution >= 4 is 5.91 Å². The van der Waals surface area contributed by atoms with Crippen LogP contribution in [-0.2, 0) is 11.3 Å². The number of carbonyl (C=O) groups is 1. The van der Waals surface area contributed by atoms with Crippen molar-refractivity contribution in [2.45, 2.75) is 25.4 Å². The molecule has 2 N–H and O–H groups in total. The van der Waals surface area contributed by atoms with Crippen LogP contribution in [0.5, 0.6) is 0 Å². The van der Waals surface area contributed by atoms with Crippen molar-refractivity contribution in [1.29, 1.82) is 0 Å². The van der Waals surface area contributed by atoms with Gasteiger partial charge in [-0.2, -0.15) is 0 Å². The Morgan fingerprint density at radius 2 is 2.29 bits per heavy atom. The molecule has 5 heteroatoms. The maximum atomic E-state index is 13.3. The minimum Gasteiger partial charge on any atom is -0.351 e. The van der Waals surface area contributed by atoms with E-state index in [1.165, 1.54) is 0 Å². The quantitative estimate of drug-likeness (QED) is 0.837. The fraction of sp³-hybridized carbons (Fsp3) is 0.417. The molecule has 1 heterocycles. The summed E-state index contributed by atoms with van der Waals surface area (Å²) < 4.78 is 26.1. The molecule has 0 saturated carbocycles. The number of nitrogens with one attached hydrogen (secondary N) is 2. The van der Waals surface area contributed by atoms with E-state index in [9.17, 15) is 13.6 Å². The van der Waals surface area contributed by atoms with Gasteiger partial charge in [0.15, 0.2) is 0 Å². The SMILES string of the molecule is O=C(NCc1cc(F)ccc1F)[C@H]1CCCN1. The maximum absolute atomic E-state index is 13.3. The molecular weight excluding hydrogens is 226 g/mol. The van der Waals surface area contributed by atoms with Crippen molar-refractivity contribution in [1.82, 2.24) is 10.6 Å². The van der Waals surface area contributed by atoms with E-state index in [1.54, 1.807) is 0 Å². The van der Waals surface area contributed by atoms with Gasteiger partial charge in [-0.15, -0.1) is 0 Å². The van der Waals surface area contributed by atoms with Gasteiger partial charge in [0.05, 0.1) is 6.04 Å². The van der Waals surface area contributed by atoms with Gasteiger partial charge in [0.25, 0.3) is 0 Å². The Bertz CT molecular complexity index is 417. The van der Waals surface area contributed by atoms with Crippen LogP contribution in [0.1, 0.15) is 18.4 Å². The molecule has 92 valence electrons. The van der Waals surface area contributed by atoms with Crippen LogP contribution in [0.4, 0.5) is 8.78 Å². The van der Waals surface area contributed by atoms with E-state index in [2.05, 4.69) is 10.6 Å². The Hall–Kier alpha value is -1.49. The zero-order valence-corrected chi connectivity index (χ0v) is 9.30. The molecular formula is C12H14F2N2O. The minimum absolute atomic E-state index is 0.0145. The monoisotopic (exact) mass is 240 g/mol. The Labute approximate surface area is 98.2 Å².